The van der Waals surface area contributed by atoms with Crippen molar-refractivity contribution >= 4 is 7.75 Å². The lowest BCUT2D eigenvalue weighted by Gasteiger charge is -2.50. The fraction of sp³-hybridized carbons (Fsp3) is 1.00. The molecule has 0 aromatic rings. The molecule has 25 heavy (non-hydrogen) atoms. The molecule has 148 valence electrons. The number of rotatable bonds is 1. The molecule has 0 bridgehead atoms. The van der Waals surface area contributed by atoms with Gasteiger partial charge in [0.05, 0.1) is 6.10 Å². The molecule has 2 aliphatic rings. The molecule has 2 atom stereocenters. The Bertz CT molecular complexity index is 522. The predicted octanol–water partition coefficient (Wildman–Crippen LogP) is 5.30. The Morgan fingerprint density at radius 2 is 1.44 bits per heavy atom. The van der Waals surface area contributed by atoms with Crippen molar-refractivity contribution in [2.24, 2.45) is 5.41 Å². The first kappa shape index (κ1) is 21.0. The first-order valence-corrected chi connectivity index (χ1v) is 9.50. The van der Waals surface area contributed by atoms with Gasteiger partial charge in [-0.1, -0.05) is 27.2 Å². The van der Waals surface area contributed by atoms with Crippen LogP contribution in [0.15, 0.2) is 0 Å². The van der Waals surface area contributed by atoms with Gasteiger partial charge in [-0.05, 0) is 18.3 Å². The van der Waals surface area contributed by atoms with E-state index in [1.54, 1.807) is 0 Å². The molecule has 0 N–H and O–H groups in total. The highest BCUT2D eigenvalue weighted by atomic mass is 31.2. The van der Waals surface area contributed by atoms with Crippen LogP contribution in [0.25, 0.3) is 0 Å². The SMILES string of the molecule is CC(C)(C)[C@@H]1CC(C(F)(F)F)(C(F)(F)F)O[P@](=O)(N2CCCCC2)O1. The van der Waals surface area contributed by atoms with Gasteiger partial charge >= 0.3 is 20.1 Å². The molecule has 2 heterocycles. The van der Waals surface area contributed by atoms with E-state index in [4.69, 9.17) is 4.52 Å². The van der Waals surface area contributed by atoms with Crippen molar-refractivity contribution in [2.75, 3.05) is 13.1 Å². The maximum absolute atomic E-state index is 13.5. The van der Waals surface area contributed by atoms with E-state index in [9.17, 15) is 30.9 Å². The molecule has 0 aromatic carbocycles. The molecule has 0 radical (unpaired) electrons. The van der Waals surface area contributed by atoms with Crippen molar-refractivity contribution in [1.29, 1.82) is 0 Å². The van der Waals surface area contributed by atoms with Crippen LogP contribution >= 0.6 is 7.75 Å². The average molecular weight is 397 g/mol. The fourth-order valence-electron chi connectivity index (χ4n) is 2.92. The molecule has 2 aliphatic heterocycles. The van der Waals surface area contributed by atoms with Gasteiger partial charge in [-0.25, -0.2) is 9.24 Å². The summed E-state index contributed by atoms with van der Waals surface area (Å²) in [5, 5.41) is 0. The second-order valence-corrected chi connectivity index (χ2v) is 9.46. The highest BCUT2D eigenvalue weighted by Gasteiger charge is 2.77. The van der Waals surface area contributed by atoms with Gasteiger partial charge in [-0.2, -0.15) is 26.3 Å². The molecule has 4 nitrogen and oxygen atoms in total. The van der Waals surface area contributed by atoms with Crippen molar-refractivity contribution in [3.05, 3.63) is 0 Å². The van der Waals surface area contributed by atoms with E-state index in [0.717, 1.165) is 11.1 Å². The lowest BCUT2D eigenvalue weighted by atomic mass is 9.81. The predicted molar refractivity (Wildman–Crippen MR) is 77.9 cm³/mol. The summed E-state index contributed by atoms with van der Waals surface area (Å²) in [6, 6.07) is 0. The number of hydrogen-bond acceptors (Lipinski definition) is 3. The molecule has 0 spiro atoms. The molecule has 0 amide bonds. The van der Waals surface area contributed by atoms with Gasteiger partial charge < -0.3 is 0 Å². The maximum atomic E-state index is 13.5. The zero-order chi connectivity index (χ0) is 19.3. The molecule has 2 saturated heterocycles. The van der Waals surface area contributed by atoms with E-state index in [2.05, 4.69) is 4.52 Å². The third-order valence-corrected chi connectivity index (χ3v) is 6.72. The molecule has 2 rings (SSSR count). The van der Waals surface area contributed by atoms with Crippen LogP contribution in [0.5, 0.6) is 0 Å². The smallest absolute Gasteiger partial charge is 0.293 e. The van der Waals surface area contributed by atoms with Gasteiger partial charge in [0.25, 0.3) is 5.60 Å². The van der Waals surface area contributed by atoms with Crippen LogP contribution in [0, 0.1) is 5.41 Å². The summed E-state index contributed by atoms with van der Waals surface area (Å²) >= 11 is 0. The van der Waals surface area contributed by atoms with E-state index in [-0.39, 0.29) is 13.1 Å². The highest BCUT2D eigenvalue weighted by molar-refractivity contribution is 7.51. The quantitative estimate of drug-likeness (QED) is 0.445. The van der Waals surface area contributed by atoms with E-state index >= 15 is 0 Å². The van der Waals surface area contributed by atoms with Gasteiger partial charge in [0, 0.05) is 19.5 Å². The number of halogens is 6. The van der Waals surface area contributed by atoms with Crippen LogP contribution in [0.2, 0.25) is 0 Å². The van der Waals surface area contributed by atoms with Crippen LogP contribution in [0.4, 0.5) is 26.3 Å². The third kappa shape index (κ3) is 3.87. The number of nitrogens with zero attached hydrogens (tertiary/aromatic N) is 1. The Morgan fingerprint density at radius 3 is 1.84 bits per heavy atom. The van der Waals surface area contributed by atoms with Gasteiger partial charge in [-0.15, -0.1) is 0 Å². The van der Waals surface area contributed by atoms with E-state index in [1.165, 1.54) is 20.8 Å². The van der Waals surface area contributed by atoms with Crippen molar-refractivity contribution in [3.63, 3.8) is 0 Å². The van der Waals surface area contributed by atoms with Gasteiger partial charge in [0.15, 0.2) is 0 Å². The minimum absolute atomic E-state index is 0.0694. The molecular formula is C14H22F6NO3P. The summed E-state index contributed by atoms with van der Waals surface area (Å²) < 4.78 is 105. The van der Waals surface area contributed by atoms with Gasteiger partial charge in [0.1, 0.15) is 0 Å². The Kier molecular flexibility index (Phi) is 5.37. The number of hydrogen-bond donors (Lipinski definition) is 0. The van der Waals surface area contributed by atoms with E-state index < -0.39 is 43.6 Å². The monoisotopic (exact) mass is 397 g/mol. The Labute approximate surface area is 142 Å². The summed E-state index contributed by atoms with van der Waals surface area (Å²) in [7, 11) is -4.76. The zero-order valence-electron chi connectivity index (χ0n) is 14.2. The molecule has 0 aromatic heterocycles. The topological polar surface area (TPSA) is 38.8 Å². The Balaban J connectivity index is 2.54. The summed E-state index contributed by atoms with van der Waals surface area (Å²) in [5.41, 5.74) is -5.60. The lowest BCUT2D eigenvalue weighted by Crippen LogP contribution is -2.63. The molecule has 11 heteroatoms. The average Bonchev–Trinajstić information content (AvgIpc) is 2.44. The standard InChI is InChI=1S/C14H22F6NO3P/c1-11(2,3)10-9-12(13(15,16)17,14(18,19)20)24-25(22,23-10)21-7-5-4-6-8-21/h10H,4-9H2,1-3H3/t10-,25-/m0/s1. The molecule has 2 fully saturated rings. The fourth-order valence-corrected chi connectivity index (χ4v) is 5.37. The van der Waals surface area contributed by atoms with E-state index in [0.29, 0.717) is 12.8 Å². The Hall–Kier alpha value is -0.310. The molecule has 0 aliphatic carbocycles. The van der Waals surface area contributed by atoms with Crippen LogP contribution < -0.4 is 0 Å². The van der Waals surface area contributed by atoms with Crippen LogP contribution in [-0.4, -0.2) is 41.8 Å². The van der Waals surface area contributed by atoms with Crippen LogP contribution in [-0.2, 0) is 13.6 Å². The third-order valence-electron chi connectivity index (χ3n) is 4.57. The Morgan fingerprint density at radius 1 is 0.960 bits per heavy atom. The van der Waals surface area contributed by atoms with Crippen LogP contribution in [0.1, 0.15) is 46.5 Å². The molecular weight excluding hydrogens is 375 g/mol. The van der Waals surface area contributed by atoms with E-state index in [1.807, 2.05) is 0 Å². The minimum Gasteiger partial charge on any atom is -0.293 e. The molecule has 0 saturated carbocycles. The summed E-state index contributed by atoms with van der Waals surface area (Å²) in [6.45, 7) is 4.48. The van der Waals surface area contributed by atoms with Crippen molar-refractivity contribution in [2.45, 2.75) is 70.5 Å². The second-order valence-electron chi connectivity index (χ2n) is 7.56. The number of piperidine rings is 1. The summed E-state index contributed by atoms with van der Waals surface area (Å²) in [6.07, 6.45) is -12.8. The zero-order valence-corrected chi connectivity index (χ0v) is 15.1. The van der Waals surface area contributed by atoms with Crippen molar-refractivity contribution in [3.8, 4) is 0 Å². The largest absolute Gasteiger partial charge is 0.427 e. The van der Waals surface area contributed by atoms with Crippen molar-refractivity contribution < 1.29 is 40.0 Å². The number of alkyl halides is 6. The van der Waals surface area contributed by atoms with Crippen LogP contribution in [0.3, 0.4) is 0 Å². The minimum atomic E-state index is -5.77. The molecule has 0 unspecified atom stereocenters. The second kappa shape index (κ2) is 6.39. The van der Waals surface area contributed by atoms with Gasteiger partial charge in [-0.3, -0.25) is 9.05 Å². The normalized spacial score (nSPS) is 32.6. The summed E-state index contributed by atoms with van der Waals surface area (Å²) in [4.78, 5) is 0. The highest BCUT2D eigenvalue weighted by Crippen LogP contribution is 2.68. The lowest BCUT2D eigenvalue weighted by molar-refractivity contribution is -0.375. The van der Waals surface area contributed by atoms with Crippen molar-refractivity contribution in [1.82, 2.24) is 4.67 Å². The van der Waals surface area contributed by atoms with Gasteiger partial charge in [0.2, 0.25) is 0 Å². The summed E-state index contributed by atoms with van der Waals surface area (Å²) in [5.74, 6) is 0. The maximum Gasteiger partial charge on any atom is 0.427 e. The first-order valence-electron chi connectivity index (χ1n) is 8.00. The first-order chi connectivity index (χ1) is 11.1.